The third-order valence-corrected chi connectivity index (χ3v) is 3.45. The van der Waals surface area contributed by atoms with E-state index >= 15 is 0 Å². The van der Waals surface area contributed by atoms with Crippen molar-refractivity contribution in [2.24, 2.45) is 0 Å². The van der Waals surface area contributed by atoms with Crippen molar-refractivity contribution < 1.29 is 24.1 Å². The topological polar surface area (TPSA) is 66.8 Å². The van der Waals surface area contributed by atoms with Crippen molar-refractivity contribution in [1.29, 1.82) is 0 Å². The zero-order chi connectivity index (χ0) is 14.4. The molecule has 0 fully saturated rings. The second-order valence-corrected chi connectivity index (χ2v) is 5.31. The number of hydrogen-bond acceptors (Lipinski definition) is 5. The molecule has 1 aromatic rings. The highest BCUT2D eigenvalue weighted by Crippen LogP contribution is 2.25. The fourth-order valence-corrected chi connectivity index (χ4v) is 2.22. The number of halogens is 1. The van der Waals surface area contributed by atoms with Crippen molar-refractivity contribution in [2.45, 2.75) is 25.6 Å². The van der Waals surface area contributed by atoms with Gasteiger partial charge in [0.1, 0.15) is 6.10 Å². The molecule has 6 heteroatoms. The SMILES string of the molecule is COc1ccc(C(O)C(O)CCSC(C)=O)cc1F. The van der Waals surface area contributed by atoms with E-state index in [1.165, 1.54) is 26.2 Å². The summed E-state index contributed by atoms with van der Waals surface area (Å²) < 4.78 is 18.2. The molecule has 0 aliphatic heterocycles. The maximum atomic E-state index is 13.5. The van der Waals surface area contributed by atoms with Gasteiger partial charge < -0.3 is 14.9 Å². The summed E-state index contributed by atoms with van der Waals surface area (Å²) >= 11 is 1.08. The Balaban J connectivity index is 2.63. The summed E-state index contributed by atoms with van der Waals surface area (Å²) in [6.07, 6.45) is -1.98. The number of thioether (sulfide) groups is 1. The van der Waals surface area contributed by atoms with Crippen LogP contribution in [-0.2, 0) is 4.79 Å². The van der Waals surface area contributed by atoms with Crippen LogP contribution >= 0.6 is 11.8 Å². The second-order valence-electron chi connectivity index (χ2n) is 4.03. The molecule has 4 nitrogen and oxygen atoms in total. The van der Waals surface area contributed by atoms with Crippen LogP contribution in [0.3, 0.4) is 0 Å². The van der Waals surface area contributed by atoms with Crippen LogP contribution in [0.2, 0.25) is 0 Å². The number of carbonyl (C=O) groups is 1. The minimum absolute atomic E-state index is 0.0443. The summed E-state index contributed by atoms with van der Waals surface area (Å²) in [4.78, 5) is 10.7. The normalized spacial score (nSPS) is 13.9. The fourth-order valence-electron chi connectivity index (χ4n) is 1.57. The number of rotatable bonds is 6. The third kappa shape index (κ3) is 4.81. The largest absolute Gasteiger partial charge is 0.494 e. The van der Waals surface area contributed by atoms with Crippen LogP contribution in [0, 0.1) is 5.82 Å². The van der Waals surface area contributed by atoms with E-state index in [1.807, 2.05) is 0 Å². The Hall–Kier alpha value is -1.11. The molecule has 2 atom stereocenters. The third-order valence-electron chi connectivity index (χ3n) is 2.60. The Morgan fingerprint density at radius 1 is 1.47 bits per heavy atom. The molecule has 0 aliphatic rings. The molecule has 106 valence electrons. The molecule has 0 bridgehead atoms. The standard InChI is InChI=1S/C13H17FO4S/c1-8(15)19-6-5-11(16)13(17)9-3-4-12(18-2)10(14)7-9/h3-4,7,11,13,16-17H,5-6H2,1-2H3. The highest BCUT2D eigenvalue weighted by atomic mass is 32.2. The van der Waals surface area contributed by atoms with Gasteiger partial charge >= 0.3 is 0 Å². The van der Waals surface area contributed by atoms with Crippen LogP contribution in [0.4, 0.5) is 4.39 Å². The highest BCUT2D eigenvalue weighted by molar-refractivity contribution is 8.13. The summed E-state index contributed by atoms with van der Waals surface area (Å²) in [7, 11) is 1.35. The number of hydrogen-bond donors (Lipinski definition) is 2. The van der Waals surface area contributed by atoms with E-state index in [1.54, 1.807) is 0 Å². The van der Waals surface area contributed by atoms with Gasteiger partial charge in [0, 0.05) is 12.7 Å². The fraction of sp³-hybridized carbons (Fsp3) is 0.462. The summed E-state index contributed by atoms with van der Waals surface area (Å²) in [5.41, 5.74) is 0.277. The first-order valence-corrected chi connectivity index (χ1v) is 6.77. The van der Waals surface area contributed by atoms with Gasteiger partial charge in [0.25, 0.3) is 0 Å². The lowest BCUT2D eigenvalue weighted by Gasteiger charge is -2.18. The molecule has 0 radical (unpaired) electrons. The van der Waals surface area contributed by atoms with Gasteiger partial charge in [0.2, 0.25) is 0 Å². The molecule has 0 saturated carbocycles. The average Bonchev–Trinajstić information content (AvgIpc) is 2.37. The molecule has 1 rings (SSSR count). The summed E-state index contributed by atoms with van der Waals surface area (Å²) in [5.74, 6) is -0.103. The van der Waals surface area contributed by atoms with Gasteiger partial charge in [0.15, 0.2) is 16.7 Å². The summed E-state index contributed by atoms with van der Waals surface area (Å²) in [6.45, 7) is 1.44. The van der Waals surface area contributed by atoms with E-state index < -0.39 is 18.0 Å². The smallest absolute Gasteiger partial charge is 0.185 e. The summed E-state index contributed by atoms with van der Waals surface area (Å²) in [5, 5.41) is 19.6. The van der Waals surface area contributed by atoms with Crippen LogP contribution in [0.5, 0.6) is 5.75 Å². The Kier molecular flexibility index (Phi) is 6.27. The predicted molar refractivity (Wildman–Crippen MR) is 71.7 cm³/mol. The van der Waals surface area contributed by atoms with Crippen LogP contribution in [-0.4, -0.2) is 34.3 Å². The molecular formula is C13H17FO4S. The lowest BCUT2D eigenvalue weighted by molar-refractivity contribution is -0.109. The first-order chi connectivity index (χ1) is 8.95. The Labute approximate surface area is 115 Å². The van der Waals surface area contributed by atoms with Crippen LogP contribution in [0.25, 0.3) is 0 Å². The van der Waals surface area contributed by atoms with Gasteiger partial charge in [-0.25, -0.2) is 4.39 Å². The van der Waals surface area contributed by atoms with Crippen molar-refractivity contribution >= 4 is 16.9 Å². The van der Waals surface area contributed by atoms with E-state index in [9.17, 15) is 19.4 Å². The number of aliphatic hydroxyl groups is 2. The van der Waals surface area contributed by atoms with Crippen molar-refractivity contribution in [3.05, 3.63) is 29.6 Å². The Bertz CT molecular complexity index is 439. The molecule has 2 unspecified atom stereocenters. The van der Waals surface area contributed by atoms with Crippen LogP contribution < -0.4 is 4.74 Å². The molecule has 1 aromatic carbocycles. The number of methoxy groups -OCH3 is 1. The molecule has 0 heterocycles. The van der Waals surface area contributed by atoms with Crippen molar-refractivity contribution in [1.82, 2.24) is 0 Å². The zero-order valence-corrected chi connectivity index (χ0v) is 11.6. The zero-order valence-electron chi connectivity index (χ0n) is 10.8. The minimum atomic E-state index is -1.19. The predicted octanol–water partition coefficient (Wildman–Crippen LogP) is 1.90. The van der Waals surface area contributed by atoms with Gasteiger partial charge in [-0.2, -0.15) is 0 Å². The molecule has 19 heavy (non-hydrogen) atoms. The monoisotopic (exact) mass is 288 g/mol. The van der Waals surface area contributed by atoms with E-state index in [2.05, 4.69) is 0 Å². The van der Waals surface area contributed by atoms with Crippen molar-refractivity contribution in [3.8, 4) is 5.75 Å². The van der Waals surface area contributed by atoms with Crippen molar-refractivity contribution in [3.63, 3.8) is 0 Å². The highest BCUT2D eigenvalue weighted by Gasteiger charge is 2.19. The van der Waals surface area contributed by atoms with E-state index in [0.717, 1.165) is 17.8 Å². The molecule has 0 spiro atoms. The molecule has 0 aliphatic carbocycles. The Morgan fingerprint density at radius 2 is 2.16 bits per heavy atom. The quantitative estimate of drug-likeness (QED) is 0.837. The molecule has 0 saturated heterocycles. The van der Waals surface area contributed by atoms with Gasteiger partial charge in [-0.3, -0.25) is 4.79 Å². The first-order valence-electron chi connectivity index (χ1n) is 5.78. The van der Waals surface area contributed by atoms with Gasteiger partial charge in [0.05, 0.1) is 13.2 Å². The van der Waals surface area contributed by atoms with Crippen LogP contribution in [0.15, 0.2) is 18.2 Å². The van der Waals surface area contributed by atoms with Crippen molar-refractivity contribution in [2.75, 3.05) is 12.9 Å². The number of ether oxygens (including phenoxy) is 1. The van der Waals surface area contributed by atoms with E-state index in [0.29, 0.717) is 5.75 Å². The maximum absolute atomic E-state index is 13.5. The number of benzene rings is 1. The lowest BCUT2D eigenvalue weighted by atomic mass is 10.0. The van der Waals surface area contributed by atoms with Gasteiger partial charge in [-0.05, 0) is 24.1 Å². The van der Waals surface area contributed by atoms with Gasteiger partial charge in [-0.1, -0.05) is 17.8 Å². The number of aliphatic hydroxyl groups excluding tert-OH is 2. The number of carbonyl (C=O) groups excluding carboxylic acids is 1. The summed E-state index contributed by atoms with van der Waals surface area (Å²) in [6, 6.07) is 4.02. The molecule has 0 aromatic heterocycles. The second kappa shape index (κ2) is 7.47. The average molecular weight is 288 g/mol. The van der Waals surface area contributed by atoms with E-state index in [-0.39, 0.29) is 22.8 Å². The molecule has 2 N–H and O–H groups in total. The molecule has 0 amide bonds. The van der Waals surface area contributed by atoms with Gasteiger partial charge in [-0.15, -0.1) is 0 Å². The first kappa shape index (κ1) is 15.9. The maximum Gasteiger partial charge on any atom is 0.185 e. The lowest BCUT2D eigenvalue weighted by Crippen LogP contribution is -2.19. The Morgan fingerprint density at radius 3 is 2.68 bits per heavy atom. The van der Waals surface area contributed by atoms with Crippen LogP contribution in [0.1, 0.15) is 25.0 Å². The van der Waals surface area contributed by atoms with E-state index in [4.69, 9.17) is 4.74 Å². The molecular weight excluding hydrogens is 271 g/mol. The minimum Gasteiger partial charge on any atom is -0.494 e.